The number of benzene rings is 2. The van der Waals surface area contributed by atoms with E-state index in [0.29, 0.717) is 0 Å². The molecule has 1 heterocycles. The molecule has 0 amide bonds. The van der Waals surface area contributed by atoms with Crippen LogP contribution in [0.5, 0.6) is 0 Å². The Bertz CT molecular complexity index is 629. The molecule has 1 fully saturated rings. The van der Waals surface area contributed by atoms with Crippen LogP contribution in [0.4, 0.5) is 0 Å². The second-order valence-corrected chi connectivity index (χ2v) is 5.43. The molecule has 20 heavy (non-hydrogen) atoms. The van der Waals surface area contributed by atoms with Gasteiger partial charge in [-0.2, -0.15) is 0 Å². The van der Waals surface area contributed by atoms with Crippen molar-refractivity contribution in [1.82, 2.24) is 4.90 Å². The highest BCUT2D eigenvalue weighted by atomic mass is 16.1. The molecule has 1 aliphatic heterocycles. The average molecular weight is 265 g/mol. The highest BCUT2D eigenvalue weighted by molar-refractivity contribution is 6.10. The summed E-state index contributed by atoms with van der Waals surface area (Å²) < 4.78 is 0. The number of hydrogen-bond donors (Lipinski definition) is 0. The summed E-state index contributed by atoms with van der Waals surface area (Å²) >= 11 is 0. The molecule has 0 unspecified atom stereocenters. The van der Waals surface area contributed by atoms with E-state index in [2.05, 4.69) is 11.0 Å². The van der Waals surface area contributed by atoms with Crippen LogP contribution in [0.15, 0.2) is 48.5 Å². The molecule has 0 aliphatic carbocycles. The fourth-order valence-corrected chi connectivity index (χ4v) is 2.63. The van der Waals surface area contributed by atoms with E-state index in [1.165, 1.54) is 6.42 Å². The molecule has 2 heteroatoms. The monoisotopic (exact) mass is 265 g/mol. The zero-order chi connectivity index (χ0) is 13.9. The van der Waals surface area contributed by atoms with Crippen LogP contribution in [0.25, 0.3) is 0 Å². The summed E-state index contributed by atoms with van der Waals surface area (Å²) in [5.74, 6) is 0.138. The maximum Gasteiger partial charge on any atom is 0.193 e. The van der Waals surface area contributed by atoms with Crippen molar-refractivity contribution in [3.63, 3.8) is 0 Å². The van der Waals surface area contributed by atoms with Crippen molar-refractivity contribution in [2.24, 2.45) is 0 Å². The Morgan fingerprint density at radius 3 is 2.30 bits per heavy atom. The topological polar surface area (TPSA) is 20.3 Å². The van der Waals surface area contributed by atoms with Crippen molar-refractivity contribution in [3.05, 3.63) is 70.8 Å². The zero-order valence-corrected chi connectivity index (χ0v) is 11.8. The first-order valence-electron chi connectivity index (χ1n) is 7.16. The Balaban J connectivity index is 1.93. The molecular weight excluding hydrogens is 246 g/mol. The van der Waals surface area contributed by atoms with Crippen LogP contribution in [0, 0.1) is 6.92 Å². The molecular formula is C18H19NO. The Morgan fingerprint density at radius 1 is 1.00 bits per heavy atom. The largest absolute Gasteiger partial charge is 0.299 e. The first kappa shape index (κ1) is 13.1. The van der Waals surface area contributed by atoms with Crippen LogP contribution in [0.2, 0.25) is 0 Å². The molecule has 2 aromatic carbocycles. The Labute approximate surface area is 120 Å². The summed E-state index contributed by atoms with van der Waals surface area (Å²) in [4.78, 5) is 15.1. The van der Waals surface area contributed by atoms with Gasteiger partial charge in [-0.3, -0.25) is 9.69 Å². The van der Waals surface area contributed by atoms with Crippen LogP contribution < -0.4 is 0 Å². The van der Waals surface area contributed by atoms with Crippen LogP contribution in [0.3, 0.4) is 0 Å². The predicted octanol–water partition coefficient (Wildman–Crippen LogP) is 3.43. The summed E-state index contributed by atoms with van der Waals surface area (Å²) in [7, 11) is 0. The summed E-state index contributed by atoms with van der Waals surface area (Å²) in [6.07, 6.45) is 1.27. The SMILES string of the molecule is Cc1ccccc1C(=O)c1ccccc1CN1CCC1. The number of rotatable bonds is 4. The molecule has 102 valence electrons. The minimum absolute atomic E-state index is 0.138. The molecule has 0 atom stereocenters. The molecule has 0 spiro atoms. The van der Waals surface area contributed by atoms with Gasteiger partial charge in [0.25, 0.3) is 0 Å². The minimum Gasteiger partial charge on any atom is -0.299 e. The summed E-state index contributed by atoms with van der Waals surface area (Å²) in [6.45, 7) is 5.17. The number of likely N-dealkylation sites (tertiary alicyclic amines) is 1. The van der Waals surface area contributed by atoms with Gasteiger partial charge in [0, 0.05) is 17.7 Å². The quantitative estimate of drug-likeness (QED) is 0.789. The number of aryl methyl sites for hydroxylation is 1. The number of nitrogens with zero attached hydrogens (tertiary/aromatic N) is 1. The van der Waals surface area contributed by atoms with E-state index in [9.17, 15) is 4.79 Å². The lowest BCUT2D eigenvalue weighted by Crippen LogP contribution is -2.36. The van der Waals surface area contributed by atoms with Crippen LogP contribution in [0.1, 0.15) is 33.5 Å². The minimum atomic E-state index is 0.138. The Hall–Kier alpha value is -1.93. The standard InChI is InChI=1S/C18H19NO/c1-14-7-2-4-9-16(14)18(20)17-10-5-3-8-15(17)13-19-11-6-12-19/h2-5,7-10H,6,11-13H2,1H3. The highest BCUT2D eigenvalue weighted by Gasteiger charge is 2.19. The van der Waals surface area contributed by atoms with Gasteiger partial charge in [0.05, 0.1) is 0 Å². The van der Waals surface area contributed by atoms with E-state index < -0.39 is 0 Å². The lowest BCUT2D eigenvalue weighted by atomic mass is 9.95. The van der Waals surface area contributed by atoms with Crippen molar-refractivity contribution in [2.45, 2.75) is 19.9 Å². The normalized spacial score (nSPS) is 14.8. The van der Waals surface area contributed by atoms with Crippen molar-refractivity contribution in [3.8, 4) is 0 Å². The maximum atomic E-state index is 12.8. The summed E-state index contributed by atoms with van der Waals surface area (Å²) in [5.41, 5.74) is 3.83. The van der Waals surface area contributed by atoms with Gasteiger partial charge in [-0.15, -0.1) is 0 Å². The molecule has 3 rings (SSSR count). The van der Waals surface area contributed by atoms with E-state index in [1.807, 2.05) is 49.4 Å². The molecule has 1 saturated heterocycles. The molecule has 2 aromatic rings. The molecule has 0 saturated carbocycles. The molecule has 1 aliphatic rings. The molecule has 0 bridgehead atoms. The fraction of sp³-hybridized carbons (Fsp3) is 0.278. The predicted molar refractivity (Wildman–Crippen MR) is 80.9 cm³/mol. The zero-order valence-electron chi connectivity index (χ0n) is 11.8. The van der Waals surface area contributed by atoms with E-state index >= 15 is 0 Å². The maximum absolute atomic E-state index is 12.8. The second-order valence-electron chi connectivity index (χ2n) is 5.43. The molecule has 0 radical (unpaired) electrons. The number of carbonyl (C=O) groups is 1. The van der Waals surface area contributed by atoms with Gasteiger partial charge in [0.1, 0.15) is 0 Å². The number of ketones is 1. The third-order valence-corrected chi connectivity index (χ3v) is 3.99. The lowest BCUT2D eigenvalue weighted by Gasteiger charge is -2.31. The van der Waals surface area contributed by atoms with Crippen molar-refractivity contribution in [1.29, 1.82) is 0 Å². The van der Waals surface area contributed by atoms with Crippen molar-refractivity contribution in [2.75, 3.05) is 13.1 Å². The smallest absolute Gasteiger partial charge is 0.193 e. The van der Waals surface area contributed by atoms with Crippen LogP contribution in [-0.2, 0) is 6.54 Å². The van der Waals surface area contributed by atoms with Crippen molar-refractivity contribution < 1.29 is 4.79 Å². The lowest BCUT2D eigenvalue weighted by molar-refractivity contribution is 0.103. The fourth-order valence-electron chi connectivity index (χ4n) is 2.63. The molecule has 0 aromatic heterocycles. The van der Waals surface area contributed by atoms with Gasteiger partial charge >= 0.3 is 0 Å². The van der Waals surface area contributed by atoms with E-state index in [1.54, 1.807) is 0 Å². The Morgan fingerprint density at radius 2 is 1.65 bits per heavy atom. The Kier molecular flexibility index (Phi) is 3.66. The van der Waals surface area contributed by atoms with E-state index in [0.717, 1.165) is 41.9 Å². The van der Waals surface area contributed by atoms with Gasteiger partial charge in [-0.05, 0) is 37.6 Å². The molecule has 0 N–H and O–H groups in total. The summed E-state index contributed by atoms with van der Waals surface area (Å²) in [6, 6.07) is 15.8. The van der Waals surface area contributed by atoms with Crippen LogP contribution >= 0.6 is 0 Å². The van der Waals surface area contributed by atoms with Gasteiger partial charge < -0.3 is 0 Å². The van der Waals surface area contributed by atoms with E-state index in [4.69, 9.17) is 0 Å². The summed E-state index contributed by atoms with van der Waals surface area (Å²) in [5, 5.41) is 0. The third kappa shape index (κ3) is 2.52. The first-order chi connectivity index (χ1) is 9.75. The number of carbonyl (C=O) groups excluding carboxylic acids is 1. The highest BCUT2D eigenvalue weighted by Crippen LogP contribution is 2.20. The van der Waals surface area contributed by atoms with Crippen LogP contribution in [-0.4, -0.2) is 23.8 Å². The third-order valence-electron chi connectivity index (χ3n) is 3.99. The van der Waals surface area contributed by atoms with Gasteiger partial charge in [-0.1, -0.05) is 48.5 Å². The van der Waals surface area contributed by atoms with Gasteiger partial charge in [-0.25, -0.2) is 0 Å². The van der Waals surface area contributed by atoms with Crippen molar-refractivity contribution >= 4 is 5.78 Å². The van der Waals surface area contributed by atoms with E-state index in [-0.39, 0.29) is 5.78 Å². The number of hydrogen-bond acceptors (Lipinski definition) is 2. The second kappa shape index (κ2) is 5.59. The van der Waals surface area contributed by atoms with Gasteiger partial charge in [0.2, 0.25) is 0 Å². The first-order valence-corrected chi connectivity index (χ1v) is 7.16. The average Bonchev–Trinajstić information content (AvgIpc) is 2.43. The molecule has 2 nitrogen and oxygen atoms in total. The van der Waals surface area contributed by atoms with Gasteiger partial charge in [0.15, 0.2) is 5.78 Å².